The number of aryl methyl sites for hydroxylation is 1. The molecule has 1 amide bonds. The standard InChI is InChI=1S/C28H23N9O/c1-18(33-28(38)23-25(29)31-17-36-14-13-30-27(23)36)26-34-22-10-6-7-20(12-11-19-15-32-35(2)16-19)24(22)37(26)21-8-4-3-5-9-21/h3-10,13-18H,1-2H3,(H3,29,30,33,38)/p+1/t18-/m0/s1. The van der Waals surface area contributed by atoms with E-state index in [-0.39, 0.29) is 17.3 Å². The first-order valence-electron chi connectivity index (χ1n) is 12.0. The fraction of sp³-hybridized carbons (Fsp3) is 0.107. The van der Waals surface area contributed by atoms with Gasteiger partial charge in [0.05, 0.1) is 17.3 Å². The maximum atomic E-state index is 13.4. The molecule has 2 aromatic carbocycles. The summed E-state index contributed by atoms with van der Waals surface area (Å²) in [6.45, 7) is 1.92. The van der Waals surface area contributed by atoms with Crippen LogP contribution in [0.2, 0.25) is 0 Å². The number of anilines is 1. The van der Waals surface area contributed by atoms with E-state index in [0.29, 0.717) is 5.65 Å². The second-order valence-corrected chi connectivity index (χ2v) is 8.89. The molecule has 0 unspecified atom stereocenters. The van der Waals surface area contributed by atoms with Crippen molar-refractivity contribution in [3.8, 4) is 17.5 Å². The van der Waals surface area contributed by atoms with Gasteiger partial charge in [-0.3, -0.25) is 13.9 Å². The number of imidazole rings is 2. The molecule has 4 N–H and O–H groups in total. The van der Waals surface area contributed by atoms with Crippen molar-refractivity contribution in [2.24, 2.45) is 7.05 Å². The number of nitrogens with one attached hydrogen (secondary N) is 2. The van der Waals surface area contributed by atoms with E-state index in [1.54, 1.807) is 27.7 Å². The van der Waals surface area contributed by atoms with Crippen molar-refractivity contribution in [1.29, 1.82) is 0 Å². The van der Waals surface area contributed by atoms with E-state index >= 15 is 0 Å². The smallest absolute Gasteiger partial charge is 0.283 e. The van der Waals surface area contributed by atoms with E-state index in [4.69, 9.17) is 5.73 Å². The molecule has 4 aromatic heterocycles. The second-order valence-electron chi connectivity index (χ2n) is 8.89. The van der Waals surface area contributed by atoms with Gasteiger partial charge in [-0.05, 0) is 31.2 Å². The van der Waals surface area contributed by atoms with Gasteiger partial charge in [-0.25, -0.2) is 15.0 Å². The van der Waals surface area contributed by atoms with Crippen LogP contribution in [-0.2, 0) is 7.05 Å². The van der Waals surface area contributed by atoms with Crippen molar-refractivity contribution in [2.75, 3.05) is 5.73 Å². The molecular formula is C28H24N9O+. The number of carbonyl (C=O) groups excluding carboxylic acids is 1. The number of benzene rings is 2. The molecule has 6 aromatic rings. The Bertz CT molecular complexity index is 1870. The third-order valence-electron chi connectivity index (χ3n) is 6.28. The largest absolute Gasteiger partial charge is 0.383 e. The maximum absolute atomic E-state index is 13.4. The van der Waals surface area contributed by atoms with Gasteiger partial charge in [-0.1, -0.05) is 36.1 Å². The van der Waals surface area contributed by atoms with Crippen LogP contribution in [0.15, 0.2) is 79.6 Å². The first-order chi connectivity index (χ1) is 18.5. The van der Waals surface area contributed by atoms with Gasteiger partial charge in [0.15, 0.2) is 16.7 Å². The van der Waals surface area contributed by atoms with Crippen molar-refractivity contribution in [3.63, 3.8) is 0 Å². The fourth-order valence-electron chi connectivity index (χ4n) is 4.53. The summed E-state index contributed by atoms with van der Waals surface area (Å²) in [5.41, 5.74) is 11.2. The van der Waals surface area contributed by atoms with Gasteiger partial charge in [0, 0.05) is 25.6 Å². The lowest BCUT2D eigenvalue weighted by Gasteiger charge is -2.13. The Hall–Kier alpha value is -5.43. The number of rotatable bonds is 4. The Balaban J connectivity index is 1.46. The highest BCUT2D eigenvalue weighted by Crippen LogP contribution is 2.22. The SMILES string of the molecule is C[C@H](NC(=O)c1c(N)ncn2ccnc12)c1[nH]c2cccc(C#Cc3cnn(C)c3)c2[n+]1-c1ccccc1. The number of carbonyl (C=O) groups is 1. The Morgan fingerprint density at radius 1 is 1.13 bits per heavy atom. The molecule has 10 heteroatoms. The van der Waals surface area contributed by atoms with Crippen LogP contribution in [0.25, 0.3) is 22.4 Å². The molecule has 6 rings (SSSR count). The van der Waals surface area contributed by atoms with Crippen LogP contribution < -0.4 is 15.6 Å². The average molecular weight is 503 g/mol. The average Bonchev–Trinajstić information content (AvgIpc) is 3.66. The number of para-hydroxylation sites is 2. The van der Waals surface area contributed by atoms with Crippen molar-refractivity contribution in [1.82, 2.24) is 34.4 Å². The van der Waals surface area contributed by atoms with E-state index < -0.39 is 6.04 Å². The van der Waals surface area contributed by atoms with Gasteiger partial charge in [-0.2, -0.15) is 9.67 Å². The van der Waals surface area contributed by atoms with Crippen LogP contribution in [0, 0.1) is 11.8 Å². The highest BCUT2D eigenvalue weighted by molar-refractivity contribution is 6.04. The summed E-state index contributed by atoms with van der Waals surface area (Å²) in [6, 6.07) is 15.5. The molecule has 0 saturated carbocycles. The van der Waals surface area contributed by atoms with E-state index in [1.165, 1.54) is 6.33 Å². The van der Waals surface area contributed by atoms with E-state index in [2.05, 4.69) is 41.8 Å². The molecule has 10 nitrogen and oxygen atoms in total. The van der Waals surface area contributed by atoms with Crippen LogP contribution in [0.5, 0.6) is 0 Å². The summed E-state index contributed by atoms with van der Waals surface area (Å²) in [5.74, 6) is 7.04. The third kappa shape index (κ3) is 4.02. The maximum Gasteiger partial charge on any atom is 0.283 e. The van der Waals surface area contributed by atoms with Gasteiger partial charge in [-0.15, -0.1) is 0 Å². The minimum atomic E-state index is -0.427. The number of nitrogens with two attached hydrogens (primary N) is 1. The van der Waals surface area contributed by atoms with E-state index in [0.717, 1.165) is 33.7 Å². The second kappa shape index (κ2) is 9.22. The van der Waals surface area contributed by atoms with E-state index in [9.17, 15) is 4.79 Å². The first-order valence-corrected chi connectivity index (χ1v) is 12.0. The monoisotopic (exact) mass is 502 g/mol. The quantitative estimate of drug-likeness (QED) is 0.253. The lowest BCUT2D eigenvalue weighted by atomic mass is 10.1. The highest BCUT2D eigenvalue weighted by Gasteiger charge is 2.29. The topological polar surface area (TPSA) is 123 Å². The minimum absolute atomic E-state index is 0.119. The molecule has 38 heavy (non-hydrogen) atoms. The summed E-state index contributed by atoms with van der Waals surface area (Å²) in [4.78, 5) is 25.4. The number of aromatic nitrogens is 7. The summed E-state index contributed by atoms with van der Waals surface area (Å²) < 4.78 is 5.47. The summed E-state index contributed by atoms with van der Waals surface area (Å²) in [5, 5.41) is 7.28. The minimum Gasteiger partial charge on any atom is -0.383 e. The van der Waals surface area contributed by atoms with Gasteiger partial charge < -0.3 is 11.1 Å². The van der Waals surface area contributed by atoms with Crippen LogP contribution >= 0.6 is 0 Å². The molecule has 4 heterocycles. The Kier molecular flexibility index (Phi) is 5.58. The zero-order valence-corrected chi connectivity index (χ0v) is 20.8. The van der Waals surface area contributed by atoms with Gasteiger partial charge in [0.25, 0.3) is 11.7 Å². The number of hydrogen-bond donors (Lipinski definition) is 3. The number of nitrogens with zero attached hydrogens (tertiary/aromatic N) is 6. The van der Waals surface area contributed by atoms with Gasteiger partial charge >= 0.3 is 0 Å². The van der Waals surface area contributed by atoms with Crippen LogP contribution in [0.1, 0.15) is 40.3 Å². The molecular weight excluding hydrogens is 478 g/mol. The zero-order chi connectivity index (χ0) is 26.2. The van der Waals surface area contributed by atoms with Crippen molar-refractivity contribution < 1.29 is 9.36 Å². The molecule has 0 fully saturated rings. The molecule has 0 radical (unpaired) electrons. The van der Waals surface area contributed by atoms with Crippen molar-refractivity contribution in [3.05, 3.63) is 102 Å². The summed E-state index contributed by atoms with van der Waals surface area (Å²) in [7, 11) is 1.86. The van der Waals surface area contributed by atoms with E-state index in [1.807, 2.05) is 68.7 Å². The van der Waals surface area contributed by atoms with Crippen LogP contribution in [-0.4, -0.2) is 35.0 Å². The molecule has 0 aliphatic rings. The molecule has 0 aliphatic carbocycles. The first kappa shape index (κ1) is 23.0. The predicted molar refractivity (Wildman–Crippen MR) is 142 cm³/mol. The Labute approximate surface area is 217 Å². The fourth-order valence-corrected chi connectivity index (χ4v) is 4.53. The lowest BCUT2D eigenvalue weighted by molar-refractivity contribution is -0.578. The number of H-pyrrole nitrogens is 1. The number of hydrogen-bond acceptors (Lipinski definition) is 5. The zero-order valence-electron chi connectivity index (χ0n) is 20.8. The Morgan fingerprint density at radius 2 is 1.97 bits per heavy atom. The normalized spacial score (nSPS) is 11.8. The molecule has 0 saturated heterocycles. The highest BCUT2D eigenvalue weighted by atomic mass is 16.1. The number of amides is 1. The molecule has 1 atom stereocenters. The Morgan fingerprint density at radius 3 is 2.76 bits per heavy atom. The van der Waals surface area contributed by atoms with Gasteiger partial charge in [0.2, 0.25) is 0 Å². The van der Waals surface area contributed by atoms with Crippen LogP contribution in [0.4, 0.5) is 5.82 Å². The third-order valence-corrected chi connectivity index (χ3v) is 6.28. The number of nitrogen functional groups attached to an aromatic ring is 1. The number of aromatic amines is 1. The summed E-state index contributed by atoms with van der Waals surface area (Å²) in [6.07, 6.45) is 8.47. The molecule has 0 aliphatic heterocycles. The van der Waals surface area contributed by atoms with Crippen molar-refractivity contribution >= 4 is 28.4 Å². The van der Waals surface area contributed by atoms with Crippen molar-refractivity contribution in [2.45, 2.75) is 13.0 Å². The molecule has 186 valence electrons. The van der Waals surface area contributed by atoms with Crippen LogP contribution in [0.3, 0.4) is 0 Å². The molecule has 0 spiro atoms. The number of fused-ring (bicyclic) bond motifs is 2. The molecule has 0 bridgehead atoms. The van der Waals surface area contributed by atoms with Gasteiger partial charge in [0.1, 0.15) is 29.4 Å². The summed E-state index contributed by atoms with van der Waals surface area (Å²) >= 11 is 0. The predicted octanol–water partition coefficient (Wildman–Crippen LogP) is 2.69. The lowest BCUT2D eigenvalue weighted by Crippen LogP contribution is -2.40.